The van der Waals surface area contributed by atoms with Crippen LogP contribution in [0.15, 0.2) is 0 Å². The summed E-state index contributed by atoms with van der Waals surface area (Å²) in [7, 11) is 0. The number of hydrogen-bond acceptors (Lipinski definition) is 4. The summed E-state index contributed by atoms with van der Waals surface area (Å²) in [6.07, 6.45) is 3.81. The van der Waals surface area contributed by atoms with Gasteiger partial charge in [-0.05, 0) is 82.5 Å². The second-order valence-electron chi connectivity index (χ2n) is 14.5. The summed E-state index contributed by atoms with van der Waals surface area (Å²) in [5.74, 6) is 14.6. The van der Waals surface area contributed by atoms with Crippen molar-refractivity contribution >= 4 is 0 Å². The molecule has 0 heterocycles. The van der Waals surface area contributed by atoms with Crippen LogP contribution in [0, 0.1) is 69.0 Å². The standard InChI is InChI=1S/C16H30O2.C10H18O.C8H18O.8CH4/c1-13(2)9-15(5,11-17)7-8-16(6,12-18)10-14(3)4;1-5-6-10(4,8-11)7-9(2)3;1-7(2)5-8(3,4)6-9;;;;;;;;/h13-14,17-18H,9-12H2,1-6H3;9,11H,7-8H2,1-4H3;7,9H,5-6H2,1-4H3;8*1H4. The first-order chi connectivity index (χ1) is 17.2. The molecule has 290 valence electrons. The first kappa shape index (κ1) is 75.3. The van der Waals surface area contributed by atoms with Crippen molar-refractivity contribution in [1.29, 1.82) is 0 Å². The van der Waals surface area contributed by atoms with Gasteiger partial charge in [0.25, 0.3) is 0 Å². The van der Waals surface area contributed by atoms with Crippen molar-refractivity contribution in [2.75, 3.05) is 26.4 Å². The number of hydrogen-bond donors (Lipinski definition) is 4. The van der Waals surface area contributed by atoms with Gasteiger partial charge in [-0.15, -0.1) is 5.92 Å². The Morgan fingerprint density at radius 1 is 0.391 bits per heavy atom. The molecule has 4 nitrogen and oxygen atoms in total. The lowest BCUT2D eigenvalue weighted by Crippen LogP contribution is -2.25. The zero-order valence-corrected chi connectivity index (χ0v) is 27.8. The largest absolute Gasteiger partial charge is 0.396 e. The van der Waals surface area contributed by atoms with Crippen molar-refractivity contribution in [3.8, 4) is 23.7 Å². The second kappa shape index (κ2) is 36.8. The molecular weight excluding hydrogens is 568 g/mol. The average Bonchev–Trinajstić information content (AvgIpc) is 2.76. The summed E-state index contributed by atoms with van der Waals surface area (Å²) in [5, 5.41) is 36.9. The molecule has 0 saturated heterocycles. The molecule has 0 spiro atoms. The van der Waals surface area contributed by atoms with Crippen LogP contribution < -0.4 is 0 Å². The van der Waals surface area contributed by atoms with Gasteiger partial charge in [-0.2, -0.15) is 0 Å². The van der Waals surface area contributed by atoms with Gasteiger partial charge in [0, 0.05) is 6.61 Å². The minimum atomic E-state index is -0.360. The Bertz CT molecular complexity index is 689. The van der Waals surface area contributed by atoms with E-state index in [9.17, 15) is 10.2 Å². The van der Waals surface area contributed by atoms with Gasteiger partial charge in [0.2, 0.25) is 0 Å². The molecule has 0 aliphatic heterocycles. The zero-order valence-electron chi connectivity index (χ0n) is 27.8. The fourth-order valence-corrected chi connectivity index (χ4v) is 4.94. The average molecular weight is 667 g/mol. The van der Waals surface area contributed by atoms with Crippen LogP contribution in [0.1, 0.15) is 182 Å². The van der Waals surface area contributed by atoms with E-state index in [0.717, 1.165) is 25.7 Å². The number of aliphatic hydroxyl groups excluding tert-OH is 4. The summed E-state index contributed by atoms with van der Waals surface area (Å²) < 4.78 is 0. The third-order valence-electron chi connectivity index (χ3n) is 6.10. The van der Waals surface area contributed by atoms with Gasteiger partial charge in [-0.1, -0.05) is 146 Å². The Labute approximate surface area is 297 Å². The molecule has 0 amide bonds. The highest BCUT2D eigenvalue weighted by atomic mass is 16.3. The molecule has 4 heteroatoms. The lowest BCUT2D eigenvalue weighted by Gasteiger charge is -2.26. The highest BCUT2D eigenvalue weighted by molar-refractivity contribution is 5.17. The minimum Gasteiger partial charge on any atom is -0.396 e. The van der Waals surface area contributed by atoms with Crippen LogP contribution in [-0.4, -0.2) is 46.9 Å². The van der Waals surface area contributed by atoms with Gasteiger partial charge < -0.3 is 20.4 Å². The van der Waals surface area contributed by atoms with Crippen LogP contribution in [-0.2, 0) is 0 Å². The van der Waals surface area contributed by atoms with Crippen molar-refractivity contribution in [3.05, 3.63) is 0 Å². The van der Waals surface area contributed by atoms with Crippen LogP contribution in [0.5, 0.6) is 0 Å². The van der Waals surface area contributed by atoms with Crippen molar-refractivity contribution < 1.29 is 20.4 Å². The third-order valence-corrected chi connectivity index (χ3v) is 6.10. The van der Waals surface area contributed by atoms with Crippen LogP contribution in [0.4, 0.5) is 0 Å². The molecule has 0 aromatic heterocycles. The maximum absolute atomic E-state index is 9.52. The van der Waals surface area contributed by atoms with Crippen LogP contribution in [0.3, 0.4) is 0 Å². The van der Waals surface area contributed by atoms with E-state index < -0.39 is 0 Å². The molecule has 0 aliphatic rings. The van der Waals surface area contributed by atoms with Gasteiger partial charge in [0.15, 0.2) is 0 Å². The topological polar surface area (TPSA) is 80.9 Å². The maximum atomic E-state index is 9.52. The quantitative estimate of drug-likeness (QED) is 0.156. The van der Waals surface area contributed by atoms with Crippen molar-refractivity contribution in [3.63, 3.8) is 0 Å². The Kier molecular flexibility index (Phi) is 60.3. The molecular formula is C42H98O4. The number of rotatable bonds is 12. The van der Waals surface area contributed by atoms with Gasteiger partial charge in [0.05, 0.1) is 36.1 Å². The van der Waals surface area contributed by atoms with Crippen molar-refractivity contribution in [1.82, 2.24) is 0 Å². The predicted molar refractivity (Wildman–Crippen MR) is 219 cm³/mol. The van der Waals surface area contributed by atoms with Gasteiger partial charge in [-0.25, -0.2) is 0 Å². The summed E-state index contributed by atoms with van der Waals surface area (Å²) in [5.41, 5.74) is -0.791. The molecule has 0 rings (SSSR count). The van der Waals surface area contributed by atoms with E-state index in [-0.39, 0.29) is 101 Å². The highest BCUT2D eigenvalue weighted by Gasteiger charge is 2.26. The van der Waals surface area contributed by atoms with Crippen LogP contribution >= 0.6 is 0 Å². The first-order valence-corrected chi connectivity index (χ1v) is 14.6. The molecule has 0 aliphatic carbocycles. The Hall–Kier alpha value is -1.04. The monoisotopic (exact) mass is 667 g/mol. The molecule has 0 aromatic carbocycles. The van der Waals surface area contributed by atoms with Crippen LogP contribution in [0.25, 0.3) is 0 Å². The predicted octanol–water partition coefficient (Wildman–Crippen LogP) is 12.3. The van der Waals surface area contributed by atoms with E-state index in [1.165, 1.54) is 0 Å². The van der Waals surface area contributed by atoms with E-state index >= 15 is 0 Å². The van der Waals surface area contributed by atoms with Gasteiger partial charge in [-0.3, -0.25) is 0 Å². The summed E-state index contributed by atoms with van der Waals surface area (Å²) >= 11 is 0. The maximum Gasteiger partial charge on any atom is 0.0594 e. The van der Waals surface area contributed by atoms with Gasteiger partial charge in [0.1, 0.15) is 0 Å². The fourth-order valence-electron chi connectivity index (χ4n) is 4.94. The third kappa shape index (κ3) is 43.0. The SMILES string of the molecule is C.C.C.C.C.C.C.C.CC#CC(C)(CO)CC(C)C.CC(C)CC(C)(C#CC(C)(CO)CC(C)C)CO.CC(C)CC(C)(C)CO. The molecule has 4 N–H and O–H groups in total. The lowest BCUT2D eigenvalue weighted by molar-refractivity contribution is 0.136. The molecule has 3 unspecified atom stereocenters. The molecule has 0 radical (unpaired) electrons. The van der Waals surface area contributed by atoms with E-state index in [0.29, 0.717) is 30.3 Å². The highest BCUT2D eigenvalue weighted by Crippen LogP contribution is 2.29. The first-order valence-electron chi connectivity index (χ1n) is 14.6. The Balaban J connectivity index is -0.0000000431. The molecule has 0 fully saturated rings. The zero-order chi connectivity index (χ0) is 30.8. The lowest BCUT2D eigenvalue weighted by atomic mass is 9.79. The number of aliphatic hydroxyl groups is 4. The molecule has 0 bridgehead atoms. The normalized spacial score (nSPS) is 13.3. The second-order valence-corrected chi connectivity index (χ2v) is 14.5. The summed E-state index contributed by atoms with van der Waals surface area (Å²) in [6, 6.07) is 0. The van der Waals surface area contributed by atoms with E-state index in [2.05, 4.69) is 92.9 Å². The van der Waals surface area contributed by atoms with Crippen molar-refractivity contribution in [2.45, 2.75) is 182 Å². The van der Waals surface area contributed by atoms with E-state index in [1.807, 2.05) is 27.7 Å². The minimum absolute atomic E-state index is 0. The summed E-state index contributed by atoms with van der Waals surface area (Å²) in [4.78, 5) is 0. The van der Waals surface area contributed by atoms with Gasteiger partial charge >= 0.3 is 0 Å². The smallest absolute Gasteiger partial charge is 0.0594 e. The molecule has 46 heavy (non-hydrogen) atoms. The van der Waals surface area contributed by atoms with E-state index in [4.69, 9.17) is 10.2 Å². The molecule has 0 aromatic rings. The van der Waals surface area contributed by atoms with Crippen LogP contribution in [0.2, 0.25) is 0 Å². The Morgan fingerprint density at radius 2 is 0.609 bits per heavy atom. The van der Waals surface area contributed by atoms with E-state index in [1.54, 1.807) is 0 Å². The molecule has 0 saturated carbocycles. The van der Waals surface area contributed by atoms with Crippen molar-refractivity contribution in [2.24, 2.45) is 45.3 Å². The summed E-state index contributed by atoms with van der Waals surface area (Å²) in [6.45, 7) is 29.8. The molecule has 3 atom stereocenters. The fraction of sp³-hybridized carbons (Fsp3) is 0.905. The Morgan fingerprint density at radius 3 is 0.739 bits per heavy atom.